The number of carboxylic acid groups (broad SMARTS) is 1. The Kier molecular flexibility index (Phi) is 4.66. The molecular weight excluding hydrogens is 278 g/mol. The highest BCUT2D eigenvalue weighted by Gasteiger charge is 2.03. The van der Waals surface area contributed by atoms with Crippen molar-refractivity contribution < 1.29 is 23.4 Å². The van der Waals surface area contributed by atoms with Gasteiger partial charge in [0, 0.05) is 6.08 Å². The Morgan fingerprint density at radius 2 is 1.81 bits per heavy atom. The average molecular weight is 290 g/mol. The van der Waals surface area contributed by atoms with E-state index in [-0.39, 0.29) is 6.61 Å². The molecule has 0 radical (unpaired) electrons. The van der Waals surface area contributed by atoms with Gasteiger partial charge in [0.15, 0.2) is 11.6 Å². The lowest BCUT2D eigenvalue weighted by Gasteiger charge is -2.07. The van der Waals surface area contributed by atoms with Gasteiger partial charge >= 0.3 is 5.97 Å². The van der Waals surface area contributed by atoms with Gasteiger partial charge in [-0.3, -0.25) is 0 Å². The first-order chi connectivity index (χ1) is 10.0. The van der Waals surface area contributed by atoms with E-state index in [1.165, 1.54) is 12.1 Å². The van der Waals surface area contributed by atoms with Gasteiger partial charge in [-0.1, -0.05) is 18.2 Å². The third-order valence-corrected chi connectivity index (χ3v) is 2.69. The summed E-state index contributed by atoms with van der Waals surface area (Å²) in [6.07, 6.45) is 2.50. The van der Waals surface area contributed by atoms with Crippen LogP contribution >= 0.6 is 0 Å². The van der Waals surface area contributed by atoms with Crippen LogP contribution in [-0.2, 0) is 11.4 Å². The second-order valence-electron chi connectivity index (χ2n) is 4.28. The van der Waals surface area contributed by atoms with E-state index in [1.54, 1.807) is 24.3 Å². The van der Waals surface area contributed by atoms with Gasteiger partial charge in [-0.05, 0) is 41.5 Å². The van der Waals surface area contributed by atoms with E-state index < -0.39 is 17.6 Å². The summed E-state index contributed by atoms with van der Waals surface area (Å²) < 4.78 is 31.2. The Balaban J connectivity index is 1.97. The van der Waals surface area contributed by atoms with Crippen molar-refractivity contribution in [2.45, 2.75) is 6.61 Å². The van der Waals surface area contributed by atoms with Crippen molar-refractivity contribution in [2.24, 2.45) is 0 Å². The molecule has 3 nitrogen and oxygen atoms in total. The van der Waals surface area contributed by atoms with E-state index in [9.17, 15) is 13.6 Å². The fraction of sp³-hybridized carbons (Fsp3) is 0.0625. The first kappa shape index (κ1) is 14.7. The molecule has 0 saturated heterocycles. The Bertz CT molecular complexity index is 664. The van der Waals surface area contributed by atoms with E-state index in [0.717, 1.165) is 23.8 Å². The van der Waals surface area contributed by atoms with Gasteiger partial charge < -0.3 is 9.84 Å². The molecule has 2 aromatic rings. The molecule has 1 N–H and O–H groups in total. The molecule has 0 fully saturated rings. The Morgan fingerprint density at radius 3 is 2.43 bits per heavy atom. The first-order valence-electron chi connectivity index (χ1n) is 6.12. The monoisotopic (exact) mass is 290 g/mol. The third-order valence-electron chi connectivity index (χ3n) is 2.69. The summed E-state index contributed by atoms with van der Waals surface area (Å²) >= 11 is 0. The topological polar surface area (TPSA) is 46.5 Å². The van der Waals surface area contributed by atoms with Gasteiger partial charge in [0.25, 0.3) is 0 Å². The maximum absolute atomic E-state index is 13.0. The van der Waals surface area contributed by atoms with Gasteiger partial charge in [-0.15, -0.1) is 0 Å². The van der Waals surface area contributed by atoms with Crippen LogP contribution in [0.2, 0.25) is 0 Å². The largest absolute Gasteiger partial charge is 0.489 e. The van der Waals surface area contributed by atoms with Crippen LogP contribution in [0.4, 0.5) is 8.78 Å². The SMILES string of the molecule is O=C(O)/C=C/c1ccc(OCc2ccc(F)c(F)c2)cc1. The molecule has 0 amide bonds. The van der Waals surface area contributed by atoms with E-state index in [0.29, 0.717) is 11.3 Å². The Morgan fingerprint density at radius 1 is 1.10 bits per heavy atom. The van der Waals surface area contributed by atoms with Crippen molar-refractivity contribution >= 4 is 12.0 Å². The van der Waals surface area contributed by atoms with Crippen molar-refractivity contribution in [1.29, 1.82) is 0 Å². The summed E-state index contributed by atoms with van der Waals surface area (Å²) in [5, 5.41) is 8.51. The number of hydrogen-bond acceptors (Lipinski definition) is 2. The number of benzene rings is 2. The zero-order chi connectivity index (χ0) is 15.2. The quantitative estimate of drug-likeness (QED) is 0.855. The molecule has 5 heteroatoms. The normalized spacial score (nSPS) is 10.8. The van der Waals surface area contributed by atoms with Crippen LogP contribution in [0.15, 0.2) is 48.5 Å². The molecule has 2 aromatic carbocycles. The molecule has 0 unspecified atom stereocenters. The molecule has 0 heterocycles. The Hall–Kier alpha value is -2.69. The Labute approximate surface area is 120 Å². The molecule has 108 valence electrons. The smallest absolute Gasteiger partial charge is 0.328 e. The second-order valence-corrected chi connectivity index (χ2v) is 4.28. The van der Waals surface area contributed by atoms with Crippen molar-refractivity contribution in [1.82, 2.24) is 0 Å². The predicted molar refractivity (Wildman–Crippen MR) is 73.8 cm³/mol. The van der Waals surface area contributed by atoms with Crippen LogP contribution in [0.25, 0.3) is 6.08 Å². The minimum Gasteiger partial charge on any atom is -0.489 e. The summed E-state index contributed by atoms with van der Waals surface area (Å²) in [5.74, 6) is -2.28. The van der Waals surface area contributed by atoms with Crippen LogP contribution in [0.3, 0.4) is 0 Å². The lowest BCUT2D eigenvalue weighted by Crippen LogP contribution is -1.97. The fourth-order valence-electron chi connectivity index (χ4n) is 1.64. The van der Waals surface area contributed by atoms with Crippen LogP contribution in [0.5, 0.6) is 5.75 Å². The number of ether oxygens (including phenoxy) is 1. The van der Waals surface area contributed by atoms with Crippen LogP contribution in [0, 0.1) is 11.6 Å². The average Bonchev–Trinajstić information content (AvgIpc) is 2.47. The highest BCUT2D eigenvalue weighted by molar-refractivity contribution is 5.85. The van der Waals surface area contributed by atoms with Crippen molar-refractivity contribution in [2.75, 3.05) is 0 Å². The molecule has 21 heavy (non-hydrogen) atoms. The van der Waals surface area contributed by atoms with E-state index in [1.807, 2.05) is 0 Å². The van der Waals surface area contributed by atoms with Crippen LogP contribution in [-0.4, -0.2) is 11.1 Å². The number of carboxylic acids is 1. The van der Waals surface area contributed by atoms with Crippen LogP contribution < -0.4 is 4.74 Å². The molecular formula is C16H12F2O3. The van der Waals surface area contributed by atoms with Gasteiger partial charge in [-0.2, -0.15) is 0 Å². The maximum atomic E-state index is 13.0. The van der Waals surface area contributed by atoms with E-state index >= 15 is 0 Å². The van der Waals surface area contributed by atoms with Crippen molar-refractivity contribution in [3.63, 3.8) is 0 Å². The number of rotatable bonds is 5. The maximum Gasteiger partial charge on any atom is 0.328 e. The first-order valence-corrected chi connectivity index (χ1v) is 6.12. The number of hydrogen-bond donors (Lipinski definition) is 1. The second kappa shape index (κ2) is 6.65. The van der Waals surface area contributed by atoms with Gasteiger partial charge in [0.05, 0.1) is 0 Å². The molecule has 0 aliphatic heterocycles. The molecule has 0 aromatic heterocycles. The number of halogens is 2. The molecule has 0 aliphatic carbocycles. The molecule has 2 rings (SSSR count). The molecule has 0 spiro atoms. The van der Waals surface area contributed by atoms with Gasteiger partial charge in [-0.25, -0.2) is 13.6 Å². The third kappa shape index (κ3) is 4.42. The minimum absolute atomic E-state index is 0.113. The predicted octanol–water partition coefficient (Wildman–Crippen LogP) is 3.64. The molecule has 0 bridgehead atoms. The van der Waals surface area contributed by atoms with Crippen molar-refractivity contribution in [3.05, 3.63) is 71.3 Å². The van der Waals surface area contributed by atoms with E-state index in [4.69, 9.17) is 9.84 Å². The molecule has 0 aliphatic rings. The van der Waals surface area contributed by atoms with Gasteiger partial charge in [0.2, 0.25) is 0 Å². The minimum atomic E-state index is -1.02. The van der Waals surface area contributed by atoms with Crippen LogP contribution in [0.1, 0.15) is 11.1 Å². The lowest BCUT2D eigenvalue weighted by atomic mass is 10.2. The zero-order valence-corrected chi connectivity index (χ0v) is 10.9. The standard InChI is InChI=1S/C16H12F2O3/c17-14-7-3-12(9-15(14)18)10-21-13-5-1-11(2-6-13)4-8-16(19)20/h1-9H,10H2,(H,19,20)/b8-4+. The van der Waals surface area contributed by atoms with E-state index in [2.05, 4.69) is 0 Å². The number of aliphatic carboxylic acids is 1. The summed E-state index contributed by atoms with van der Waals surface area (Å²) in [5.41, 5.74) is 1.24. The fourth-order valence-corrected chi connectivity index (χ4v) is 1.64. The summed E-state index contributed by atoms with van der Waals surface area (Å²) in [6.45, 7) is 0.113. The zero-order valence-electron chi connectivity index (χ0n) is 10.9. The molecule has 0 atom stereocenters. The highest BCUT2D eigenvalue weighted by atomic mass is 19.2. The summed E-state index contributed by atoms with van der Waals surface area (Å²) in [4.78, 5) is 10.4. The highest BCUT2D eigenvalue weighted by Crippen LogP contribution is 2.16. The van der Waals surface area contributed by atoms with Crippen molar-refractivity contribution in [3.8, 4) is 5.75 Å². The van der Waals surface area contributed by atoms with Gasteiger partial charge in [0.1, 0.15) is 12.4 Å². The molecule has 0 saturated carbocycles. The number of carbonyl (C=O) groups is 1. The summed E-state index contributed by atoms with van der Waals surface area (Å²) in [6, 6.07) is 10.3. The lowest BCUT2D eigenvalue weighted by molar-refractivity contribution is -0.131. The summed E-state index contributed by atoms with van der Waals surface area (Å²) in [7, 11) is 0.